The van der Waals surface area contributed by atoms with Gasteiger partial charge in [0.05, 0.1) is 16.7 Å². The van der Waals surface area contributed by atoms with Crippen LogP contribution in [0.3, 0.4) is 0 Å². The summed E-state index contributed by atoms with van der Waals surface area (Å²) >= 11 is 2.97. The van der Waals surface area contributed by atoms with Gasteiger partial charge in [-0.3, -0.25) is 14.6 Å². The molecule has 0 radical (unpaired) electrons. The molecule has 9 heteroatoms. The van der Waals surface area contributed by atoms with Crippen molar-refractivity contribution in [3.63, 3.8) is 0 Å². The number of carbonyl (C=O) groups is 2. The van der Waals surface area contributed by atoms with Crippen LogP contribution in [0.5, 0.6) is 0 Å². The van der Waals surface area contributed by atoms with Crippen LogP contribution in [-0.4, -0.2) is 16.8 Å². The Morgan fingerprint density at radius 1 is 0.810 bits per heavy atom. The molecule has 0 spiro atoms. The zero-order valence-corrected chi connectivity index (χ0v) is 26.7. The third-order valence-electron chi connectivity index (χ3n) is 8.92. The molecule has 2 N–H and O–H groups in total. The van der Waals surface area contributed by atoms with Gasteiger partial charge in [-0.05, 0) is 84.5 Å². The van der Waals surface area contributed by atoms with Crippen molar-refractivity contribution in [1.29, 1.82) is 10.5 Å². The van der Waals surface area contributed by atoms with Crippen LogP contribution < -0.4 is 10.6 Å². The molecule has 5 rings (SSSR count). The number of anilines is 2. The summed E-state index contributed by atoms with van der Waals surface area (Å²) in [5.74, 6) is 0.271. The fourth-order valence-corrected chi connectivity index (χ4v) is 8.61. The van der Waals surface area contributed by atoms with Crippen LogP contribution in [0.15, 0.2) is 18.3 Å². The van der Waals surface area contributed by atoms with Crippen LogP contribution >= 0.6 is 22.7 Å². The number of fused-ring (bicyclic) bond motifs is 2. The zero-order chi connectivity index (χ0) is 30.4. The van der Waals surface area contributed by atoms with Crippen molar-refractivity contribution in [1.82, 2.24) is 4.98 Å². The summed E-state index contributed by atoms with van der Waals surface area (Å²) in [5.41, 5.74) is 4.05. The van der Waals surface area contributed by atoms with Gasteiger partial charge in [-0.15, -0.1) is 22.7 Å². The number of carbonyl (C=O) groups excluding carboxylic acids is 2. The second-order valence-corrected chi connectivity index (χ2v) is 15.8. The van der Waals surface area contributed by atoms with Crippen molar-refractivity contribution in [2.24, 2.45) is 22.7 Å². The first kappa shape index (κ1) is 29.9. The van der Waals surface area contributed by atoms with Crippen molar-refractivity contribution in [2.75, 3.05) is 10.6 Å². The molecule has 0 aromatic carbocycles. The zero-order valence-electron chi connectivity index (χ0n) is 25.1. The Kier molecular flexibility index (Phi) is 8.04. The lowest BCUT2D eigenvalue weighted by atomic mass is 9.72. The number of thiophene rings is 2. The number of nitrogens with one attached hydrogen (secondary N) is 2. The lowest BCUT2D eigenvalue weighted by Crippen LogP contribution is -2.26. The number of hydrogen-bond acceptors (Lipinski definition) is 7. The molecule has 2 aliphatic carbocycles. The molecule has 0 saturated heterocycles. The van der Waals surface area contributed by atoms with E-state index in [0.717, 1.165) is 49.7 Å². The molecule has 0 saturated carbocycles. The van der Waals surface area contributed by atoms with Crippen LogP contribution in [0.2, 0.25) is 0 Å². The summed E-state index contributed by atoms with van der Waals surface area (Å²) in [6.45, 7) is 13.5. The second kappa shape index (κ2) is 11.3. The lowest BCUT2D eigenvalue weighted by Gasteiger charge is -2.33. The minimum absolute atomic E-state index is 0.159. The highest BCUT2D eigenvalue weighted by Crippen LogP contribution is 2.45. The molecule has 3 heterocycles. The van der Waals surface area contributed by atoms with E-state index in [2.05, 4.69) is 69.3 Å². The molecule has 42 heavy (non-hydrogen) atoms. The van der Waals surface area contributed by atoms with Gasteiger partial charge in [0, 0.05) is 16.0 Å². The van der Waals surface area contributed by atoms with Crippen molar-refractivity contribution < 1.29 is 9.59 Å². The molecule has 2 aliphatic rings. The molecule has 0 unspecified atom stereocenters. The number of hydrogen-bond donors (Lipinski definition) is 2. The maximum Gasteiger partial charge on any atom is 0.274 e. The Balaban J connectivity index is 1.28. The Morgan fingerprint density at radius 3 is 1.69 bits per heavy atom. The smallest absolute Gasteiger partial charge is 0.274 e. The summed E-state index contributed by atoms with van der Waals surface area (Å²) in [6.07, 6.45) is 6.94. The number of nitrogens with zero attached hydrogens (tertiary/aromatic N) is 3. The van der Waals surface area contributed by atoms with Crippen molar-refractivity contribution in [3.8, 4) is 12.1 Å². The van der Waals surface area contributed by atoms with Crippen LogP contribution in [0.1, 0.15) is 107 Å². The van der Waals surface area contributed by atoms with E-state index < -0.39 is 5.91 Å². The molecule has 2 atom stereocenters. The van der Waals surface area contributed by atoms with Crippen LogP contribution in [0.4, 0.5) is 10.0 Å². The summed E-state index contributed by atoms with van der Waals surface area (Å²) in [7, 11) is 0. The van der Waals surface area contributed by atoms with Crippen LogP contribution in [0, 0.1) is 45.3 Å². The third-order valence-corrected chi connectivity index (χ3v) is 11.3. The Hall–Kier alpha value is -3.53. The van der Waals surface area contributed by atoms with E-state index in [1.54, 1.807) is 6.07 Å². The van der Waals surface area contributed by atoms with E-state index in [1.165, 1.54) is 44.7 Å². The highest BCUT2D eigenvalue weighted by molar-refractivity contribution is 7.17. The first-order chi connectivity index (χ1) is 19.8. The minimum atomic E-state index is -0.421. The Bertz CT molecular complexity index is 1500. The summed E-state index contributed by atoms with van der Waals surface area (Å²) < 4.78 is 0. The van der Waals surface area contributed by atoms with Gasteiger partial charge in [-0.2, -0.15) is 10.5 Å². The van der Waals surface area contributed by atoms with Crippen LogP contribution in [-0.2, 0) is 25.7 Å². The van der Waals surface area contributed by atoms with Crippen LogP contribution in [0.25, 0.3) is 0 Å². The van der Waals surface area contributed by atoms with Gasteiger partial charge in [-0.1, -0.05) is 41.5 Å². The maximum absolute atomic E-state index is 13.1. The van der Waals surface area contributed by atoms with E-state index in [9.17, 15) is 20.1 Å². The van der Waals surface area contributed by atoms with E-state index in [0.29, 0.717) is 38.5 Å². The average molecular weight is 600 g/mol. The van der Waals surface area contributed by atoms with Gasteiger partial charge in [0.15, 0.2) is 0 Å². The highest BCUT2D eigenvalue weighted by atomic mass is 32.1. The van der Waals surface area contributed by atoms with Crippen molar-refractivity contribution in [2.45, 2.75) is 80.1 Å². The van der Waals surface area contributed by atoms with Gasteiger partial charge >= 0.3 is 0 Å². The third kappa shape index (κ3) is 5.86. The van der Waals surface area contributed by atoms with Gasteiger partial charge in [0.25, 0.3) is 11.8 Å². The number of aromatic nitrogens is 1. The summed E-state index contributed by atoms with van der Waals surface area (Å²) in [6, 6.07) is 7.67. The standard InChI is InChI=1S/C33H37N5O2S2/c1-32(2,3)19-8-10-21-23(15-34)30(41-26(21)13-19)37-28(39)18-7-12-25(36-17-18)29(40)38-31-24(16-35)22-11-9-20(33(4,5)6)14-27(22)42-31/h7,12,17,19-20H,8-11,13-14H2,1-6H3,(H,37,39)(H,38,40)/t19-,20+/m1/s1. The number of nitriles is 2. The number of rotatable bonds is 4. The average Bonchev–Trinajstić information content (AvgIpc) is 3.47. The second-order valence-electron chi connectivity index (χ2n) is 13.6. The molecule has 0 aliphatic heterocycles. The van der Waals surface area contributed by atoms with E-state index in [1.807, 2.05) is 0 Å². The van der Waals surface area contributed by atoms with Gasteiger partial charge in [0.2, 0.25) is 0 Å². The normalized spacial score (nSPS) is 18.3. The highest BCUT2D eigenvalue weighted by Gasteiger charge is 2.34. The monoisotopic (exact) mass is 599 g/mol. The quantitative estimate of drug-likeness (QED) is 0.318. The molecule has 218 valence electrons. The van der Waals surface area contributed by atoms with E-state index >= 15 is 0 Å². The molecular formula is C33H37N5O2S2. The van der Waals surface area contributed by atoms with Gasteiger partial charge in [-0.25, -0.2) is 0 Å². The molecule has 3 aromatic heterocycles. The summed E-state index contributed by atoms with van der Waals surface area (Å²) in [5, 5.41) is 26.7. The molecule has 2 amide bonds. The number of amides is 2. The SMILES string of the molecule is CC(C)(C)[C@@H]1CCc2c(sc(NC(=O)c3ccc(C(=O)Nc4sc5c(c4C#N)CC[C@H](C(C)(C)C)C5)nc3)c2C#N)C1. The van der Waals surface area contributed by atoms with Gasteiger partial charge < -0.3 is 10.6 Å². The number of pyridine rings is 1. The van der Waals surface area contributed by atoms with Crippen molar-refractivity contribution >= 4 is 44.5 Å². The Labute approximate surface area is 256 Å². The van der Waals surface area contributed by atoms with Gasteiger partial charge in [0.1, 0.15) is 27.8 Å². The topological polar surface area (TPSA) is 119 Å². The molecule has 3 aromatic rings. The Morgan fingerprint density at radius 2 is 1.29 bits per heavy atom. The first-order valence-corrected chi connectivity index (χ1v) is 16.1. The lowest BCUT2D eigenvalue weighted by molar-refractivity contribution is 0.101. The predicted molar refractivity (Wildman–Crippen MR) is 168 cm³/mol. The molecule has 0 bridgehead atoms. The van der Waals surface area contributed by atoms with E-state index in [4.69, 9.17) is 0 Å². The predicted octanol–water partition coefficient (Wildman–Crippen LogP) is 7.75. The molecular weight excluding hydrogens is 563 g/mol. The fraction of sp³-hybridized carbons (Fsp3) is 0.485. The maximum atomic E-state index is 13.1. The fourth-order valence-electron chi connectivity index (χ4n) is 6.07. The molecule has 7 nitrogen and oxygen atoms in total. The van der Waals surface area contributed by atoms with E-state index in [-0.39, 0.29) is 22.4 Å². The molecule has 0 fully saturated rings. The first-order valence-electron chi connectivity index (χ1n) is 14.5. The largest absolute Gasteiger partial charge is 0.312 e. The van der Waals surface area contributed by atoms with Crippen molar-refractivity contribution in [3.05, 3.63) is 61.6 Å². The minimum Gasteiger partial charge on any atom is -0.312 e. The summed E-state index contributed by atoms with van der Waals surface area (Å²) in [4.78, 5) is 32.8.